The van der Waals surface area contributed by atoms with Crippen LogP contribution in [0, 0.1) is 0 Å². The van der Waals surface area contributed by atoms with Gasteiger partial charge in [-0.05, 0) is 73.4 Å². The Morgan fingerprint density at radius 2 is 1.69 bits per heavy atom. The average Bonchev–Trinajstić information content (AvgIpc) is 3.37. The van der Waals surface area contributed by atoms with E-state index in [9.17, 15) is 9.59 Å². The molecule has 39 heavy (non-hydrogen) atoms. The maximum absolute atomic E-state index is 13.5. The highest BCUT2D eigenvalue weighted by Gasteiger charge is 2.23. The number of H-pyrrole nitrogens is 1. The summed E-state index contributed by atoms with van der Waals surface area (Å²) in [4.78, 5) is 30.1. The highest BCUT2D eigenvalue weighted by Crippen LogP contribution is 2.32. The molecule has 202 valence electrons. The van der Waals surface area contributed by atoms with Crippen LogP contribution in [0.1, 0.15) is 66.8 Å². The number of hydrogen-bond acceptors (Lipinski definition) is 3. The molecule has 0 spiro atoms. The third-order valence-corrected chi connectivity index (χ3v) is 7.67. The number of aromatic nitrogens is 1. The van der Waals surface area contributed by atoms with Crippen molar-refractivity contribution in [2.45, 2.75) is 57.4 Å². The van der Waals surface area contributed by atoms with E-state index in [-0.39, 0.29) is 24.8 Å². The van der Waals surface area contributed by atoms with Gasteiger partial charge in [0.1, 0.15) is 0 Å². The Hall–Kier alpha value is -4.06. The first-order valence-corrected chi connectivity index (χ1v) is 14.1. The lowest BCUT2D eigenvalue weighted by Crippen LogP contribution is -2.34. The third kappa shape index (κ3) is 6.69. The fraction of sp³-hybridized carbons (Fsp3) is 0.333. The molecule has 0 saturated carbocycles. The van der Waals surface area contributed by atoms with Crippen LogP contribution in [0.5, 0.6) is 0 Å². The van der Waals surface area contributed by atoms with E-state index < -0.39 is 5.97 Å². The number of anilines is 1. The van der Waals surface area contributed by atoms with Crippen molar-refractivity contribution in [2.24, 2.45) is 0 Å². The molecule has 1 saturated heterocycles. The quantitative estimate of drug-likeness (QED) is 0.199. The minimum Gasteiger partial charge on any atom is -0.481 e. The van der Waals surface area contributed by atoms with Gasteiger partial charge >= 0.3 is 5.97 Å². The number of piperidine rings is 1. The van der Waals surface area contributed by atoms with Crippen molar-refractivity contribution >= 4 is 28.5 Å². The van der Waals surface area contributed by atoms with Crippen molar-refractivity contribution in [2.75, 3.05) is 18.0 Å². The fourth-order valence-electron chi connectivity index (χ4n) is 5.67. The van der Waals surface area contributed by atoms with Crippen LogP contribution < -0.4 is 10.2 Å². The van der Waals surface area contributed by atoms with Crippen LogP contribution in [0.4, 0.5) is 5.69 Å². The second-order valence-electron chi connectivity index (χ2n) is 10.5. The second kappa shape index (κ2) is 12.7. The highest BCUT2D eigenvalue weighted by atomic mass is 16.4. The number of para-hydroxylation sites is 1. The van der Waals surface area contributed by atoms with Gasteiger partial charge in [0, 0.05) is 47.9 Å². The molecule has 1 aliphatic rings. The first kappa shape index (κ1) is 26.5. The Bertz CT molecular complexity index is 1410. The van der Waals surface area contributed by atoms with Gasteiger partial charge in [-0.15, -0.1) is 0 Å². The first-order chi connectivity index (χ1) is 19.1. The Kier molecular flexibility index (Phi) is 8.61. The zero-order chi connectivity index (χ0) is 27.0. The molecule has 0 bridgehead atoms. The number of aliphatic carboxylic acids is 1. The number of carboxylic acid groups (broad SMARTS) is 1. The molecular formula is C33H37N3O3. The Labute approximate surface area is 230 Å². The lowest BCUT2D eigenvalue weighted by molar-refractivity contribution is -0.137. The lowest BCUT2D eigenvalue weighted by Gasteiger charge is -2.33. The molecule has 1 atom stereocenters. The number of hydrogen-bond donors (Lipinski definition) is 3. The number of aromatic amines is 1. The minimum atomic E-state index is -0.755. The summed E-state index contributed by atoms with van der Waals surface area (Å²) < 4.78 is 0. The molecule has 1 amide bonds. The van der Waals surface area contributed by atoms with Gasteiger partial charge in [-0.25, -0.2) is 0 Å². The summed E-state index contributed by atoms with van der Waals surface area (Å²) in [6, 6.07) is 24.6. The molecule has 3 N–H and O–H groups in total. The number of carbonyl (C=O) groups excluding carboxylic acids is 1. The number of carbonyl (C=O) groups is 2. The largest absolute Gasteiger partial charge is 0.481 e. The molecule has 4 aromatic rings. The monoisotopic (exact) mass is 523 g/mol. The van der Waals surface area contributed by atoms with Gasteiger partial charge in [0.05, 0.1) is 12.5 Å². The van der Waals surface area contributed by atoms with Crippen LogP contribution in [-0.2, 0) is 22.4 Å². The van der Waals surface area contributed by atoms with Crippen molar-refractivity contribution in [1.29, 1.82) is 0 Å². The summed E-state index contributed by atoms with van der Waals surface area (Å²) in [5.41, 5.74) is 6.55. The van der Waals surface area contributed by atoms with Gasteiger partial charge < -0.3 is 20.3 Å². The van der Waals surface area contributed by atoms with Crippen molar-refractivity contribution in [1.82, 2.24) is 10.3 Å². The number of nitrogens with zero attached hydrogens (tertiary/aromatic N) is 1. The molecule has 1 aromatic heterocycles. The van der Waals surface area contributed by atoms with E-state index in [1.165, 1.54) is 24.9 Å². The van der Waals surface area contributed by atoms with Crippen LogP contribution in [0.2, 0.25) is 0 Å². The molecular weight excluding hydrogens is 486 g/mol. The van der Waals surface area contributed by atoms with E-state index >= 15 is 0 Å². The van der Waals surface area contributed by atoms with Crippen LogP contribution in [0.3, 0.4) is 0 Å². The van der Waals surface area contributed by atoms with Crippen molar-refractivity contribution < 1.29 is 14.7 Å². The maximum atomic E-state index is 13.5. The van der Waals surface area contributed by atoms with Crippen molar-refractivity contribution in [3.05, 3.63) is 101 Å². The van der Waals surface area contributed by atoms with E-state index in [1.54, 1.807) is 0 Å². The number of fused-ring (bicyclic) bond motifs is 1. The van der Waals surface area contributed by atoms with E-state index in [1.807, 2.05) is 36.5 Å². The van der Waals surface area contributed by atoms with Gasteiger partial charge in [-0.3, -0.25) is 9.59 Å². The van der Waals surface area contributed by atoms with Gasteiger partial charge in [-0.1, -0.05) is 54.6 Å². The zero-order valence-corrected chi connectivity index (χ0v) is 22.4. The number of nitrogens with one attached hydrogen (secondary N) is 2. The second-order valence-corrected chi connectivity index (χ2v) is 10.5. The zero-order valence-electron chi connectivity index (χ0n) is 22.4. The van der Waals surface area contributed by atoms with Gasteiger partial charge in [0.15, 0.2) is 0 Å². The van der Waals surface area contributed by atoms with Crippen molar-refractivity contribution in [3.63, 3.8) is 0 Å². The molecule has 6 heteroatoms. The number of unbranched alkanes of at least 4 members (excludes halogenated alkanes) is 1. The molecule has 0 radical (unpaired) electrons. The predicted molar refractivity (Wildman–Crippen MR) is 156 cm³/mol. The van der Waals surface area contributed by atoms with Crippen LogP contribution in [0.15, 0.2) is 79.0 Å². The molecule has 6 nitrogen and oxygen atoms in total. The average molecular weight is 524 g/mol. The number of rotatable bonds is 11. The van der Waals surface area contributed by atoms with Gasteiger partial charge in [0.2, 0.25) is 5.91 Å². The van der Waals surface area contributed by atoms with Crippen LogP contribution >= 0.6 is 0 Å². The standard InChI is InChI=1S/C33H37N3O3/c37-31(22-24-17-18-29-28(21-24)26(23-34-29)13-5-8-16-32(38)39)35-33(25-11-3-1-4-12-25)27-14-6-7-15-30(27)36-19-9-2-10-20-36/h1,3-4,6-7,11-12,14-15,17-18,21,23,33-34H,2,5,8-10,13,16,19-20,22H2,(H,35,37)(H,38,39). The summed E-state index contributed by atoms with van der Waals surface area (Å²) in [5.74, 6) is -0.773. The molecule has 0 aliphatic carbocycles. The number of aryl methyl sites for hydroxylation is 1. The lowest BCUT2D eigenvalue weighted by atomic mass is 9.95. The minimum absolute atomic E-state index is 0.0183. The summed E-state index contributed by atoms with van der Waals surface area (Å²) in [7, 11) is 0. The molecule has 1 unspecified atom stereocenters. The smallest absolute Gasteiger partial charge is 0.303 e. The van der Waals surface area contributed by atoms with E-state index in [0.29, 0.717) is 6.42 Å². The van der Waals surface area contributed by atoms with Gasteiger partial charge in [-0.2, -0.15) is 0 Å². The van der Waals surface area contributed by atoms with Crippen LogP contribution in [0.25, 0.3) is 10.9 Å². The summed E-state index contributed by atoms with van der Waals surface area (Å²) in [6.45, 7) is 2.09. The molecule has 2 heterocycles. The first-order valence-electron chi connectivity index (χ1n) is 14.1. The highest BCUT2D eigenvalue weighted by molar-refractivity contribution is 5.86. The number of amides is 1. The fourth-order valence-corrected chi connectivity index (χ4v) is 5.67. The van der Waals surface area contributed by atoms with E-state index in [2.05, 4.69) is 57.7 Å². The number of carboxylic acids is 1. The van der Waals surface area contributed by atoms with Crippen molar-refractivity contribution in [3.8, 4) is 0 Å². The Balaban J connectivity index is 1.35. The SMILES string of the molecule is O=C(O)CCCCc1c[nH]c2ccc(CC(=O)NC(c3ccccc3)c3ccccc3N3CCCCC3)cc12. The predicted octanol–water partition coefficient (Wildman–Crippen LogP) is 6.40. The summed E-state index contributed by atoms with van der Waals surface area (Å²) in [6.07, 6.45) is 8.42. The summed E-state index contributed by atoms with van der Waals surface area (Å²) >= 11 is 0. The Morgan fingerprint density at radius 3 is 2.49 bits per heavy atom. The molecule has 1 aliphatic heterocycles. The summed E-state index contributed by atoms with van der Waals surface area (Å²) in [5, 5.41) is 13.4. The maximum Gasteiger partial charge on any atom is 0.303 e. The molecule has 3 aromatic carbocycles. The normalized spacial score (nSPS) is 14.3. The van der Waals surface area contributed by atoms with E-state index in [4.69, 9.17) is 5.11 Å². The van der Waals surface area contributed by atoms with Gasteiger partial charge in [0.25, 0.3) is 0 Å². The topological polar surface area (TPSA) is 85.4 Å². The molecule has 1 fully saturated rings. The third-order valence-electron chi connectivity index (χ3n) is 7.67. The van der Waals surface area contributed by atoms with E-state index in [0.717, 1.165) is 59.1 Å². The number of benzene rings is 3. The Morgan fingerprint density at radius 1 is 0.923 bits per heavy atom. The molecule has 5 rings (SSSR count). The van der Waals surface area contributed by atoms with Crippen LogP contribution in [-0.4, -0.2) is 35.1 Å².